The molecule has 3 rings (SSSR count). The van der Waals surface area contributed by atoms with Gasteiger partial charge in [-0.3, -0.25) is 9.59 Å². The van der Waals surface area contributed by atoms with E-state index < -0.39 is 0 Å². The lowest BCUT2D eigenvalue weighted by molar-refractivity contribution is -0.123. The van der Waals surface area contributed by atoms with E-state index in [1.807, 2.05) is 48.5 Å². The van der Waals surface area contributed by atoms with Gasteiger partial charge in [-0.25, -0.2) is 0 Å². The van der Waals surface area contributed by atoms with Crippen LogP contribution in [0.2, 0.25) is 0 Å². The summed E-state index contributed by atoms with van der Waals surface area (Å²) in [5.41, 5.74) is 3.00. The summed E-state index contributed by atoms with van der Waals surface area (Å²) in [5.74, 6) is 0.727. The van der Waals surface area contributed by atoms with Crippen molar-refractivity contribution in [2.75, 3.05) is 11.9 Å². The highest BCUT2D eigenvalue weighted by molar-refractivity contribution is 5.94. The second-order valence-electron chi connectivity index (χ2n) is 8.30. The van der Waals surface area contributed by atoms with Crippen molar-refractivity contribution in [1.29, 1.82) is 0 Å². The highest BCUT2D eigenvalue weighted by atomic mass is 16.5. The van der Waals surface area contributed by atoms with Crippen LogP contribution >= 0.6 is 0 Å². The average Bonchev–Trinajstić information content (AvgIpc) is 3.50. The predicted octanol–water partition coefficient (Wildman–Crippen LogP) is 4.03. The van der Waals surface area contributed by atoms with Crippen molar-refractivity contribution in [3.63, 3.8) is 0 Å². The van der Waals surface area contributed by atoms with Crippen molar-refractivity contribution in [2.45, 2.75) is 45.6 Å². The van der Waals surface area contributed by atoms with E-state index in [2.05, 4.69) is 31.4 Å². The van der Waals surface area contributed by atoms with E-state index in [0.29, 0.717) is 12.3 Å². The van der Waals surface area contributed by atoms with Gasteiger partial charge < -0.3 is 15.4 Å². The Morgan fingerprint density at radius 1 is 1.07 bits per heavy atom. The molecule has 1 saturated carbocycles. The quantitative estimate of drug-likeness (QED) is 0.762. The number of hydrogen-bond donors (Lipinski definition) is 2. The van der Waals surface area contributed by atoms with E-state index >= 15 is 0 Å². The molecule has 2 N–H and O–H groups in total. The second-order valence-corrected chi connectivity index (χ2v) is 8.30. The van der Waals surface area contributed by atoms with Crippen LogP contribution in [0.1, 0.15) is 44.7 Å². The van der Waals surface area contributed by atoms with Gasteiger partial charge in [-0.05, 0) is 53.6 Å². The molecule has 28 heavy (non-hydrogen) atoms. The molecule has 148 valence electrons. The Morgan fingerprint density at radius 2 is 1.79 bits per heavy atom. The van der Waals surface area contributed by atoms with E-state index in [9.17, 15) is 9.59 Å². The summed E-state index contributed by atoms with van der Waals surface area (Å²) >= 11 is 0. The van der Waals surface area contributed by atoms with E-state index in [-0.39, 0.29) is 29.8 Å². The van der Waals surface area contributed by atoms with Gasteiger partial charge in [0.05, 0.1) is 0 Å². The van der Waals surface area contributed by atoms with Crippen LogP contribution in [0.15, 0.2) is 48.5 Å². The summed E-state index contributed by atoms with van der Waals surface area (Å²) in [6.45, 7) is 6.82. The summed E-state index contributed by atoms with van der Waals surface area (Å²) in [6, 6.07) is 15.3. The fraction of sp³-hybridized carbons (Fsp3) is 0.391. The Balaban J connectivity index is 1.44. The van der Waals surface area contributed by atoms with Crippen LogP contribution in [0.3, 0.4) is 0 Å². The van der Waals surface area contributed by atoms with Crippen LogP contribution in [0.25, 0.3) is 0 Å². The highest BCUT2D eigenvalue weighted by Gasteiger charge is 2.29. The van der Waals surface area contributed by atoms with Gasteiger partial charge in [-0.15, -0.1) is 0 Å². The van der Waals surface area contributed by atoms with Crippen molar-refractivity contribution in [3.8, 4) is 5.75 Å². The molecule has 5 heteroatoms. The van der Waals surface area contributed by atoms with Crippen molar-refractivity contribution >= 4 is 17.5 Å². The molecule has 2 aromatic rings. The Bertz CT molecular complexity index is 834. The third kappa shape index (κ3) is 5.84. The molecule has 2 amide bonds. The first-order valence-corrected chi connectivity index (χ1v) is 9.71. The third-order valence-corrected chi connectivity index (χ3v) is 4.72. The Kier molecular flexibility index (Phi) is 6.02. The van der Waals surface area contributed by atoms with Crippen molar-refractivity contribution in [2.24, 2.45) is 5.92 Å². The van der Waals surface area contributed by atoms with Crippen molar-refractivity contribution < 1.29 is 14.3 Å². The first kappa shape index (κ1) is 19.9. The topological polar surface area (TPSA) is 67.4 Å². The van der Waals surface area contributed by atoms with Gasteiger partial charge in [0.25, 0.3) is 5.91 Å². The highest BCUT2D eigenvalue weighted by Crippen LogP contribution is 2.30. The zero-order chi connectivity index (χ0) is 20.1. The number of benzene rings is 2. The minimum absolute atomic E-state index is 0.0348. The molecule has 0 heterocycles. The van der Waals surface area contributed by atoms with Crippen LogP contribution in [-0.2, 0) is 21.5 Å². The molecule has 0 atom stereocenters. The standard InChI is InChI=1S/C23H28N2O3/c1-23(2,3)18-9-11-20(12-10-18)28-15-21(26)24-14-16-5-4-6-19(13-16)25-22(27)17-7-8-17/h4-6,9-13,17H,7-8,14-15H2,1-3H3,(H,24,26)(H,25,27). The fourth-order valence-electron chi connectivity index (χ4n) is 2.80. The molecule has 0 aliphatic heterocycles. The second kappa shape index (κ2) is 8.46. The fourth-order valence-corrected chi connectivity index (χ4v) is 2.80. The number of anilines is 1. The maximum atomic E-state index is 12.1. The molecule has 1 fully saturated rings. The molecular formula is C23H28N2O3. The van der Waals surface area contributed by atoms with Gasteiger partial charge in [-0.1, -0.05) is 45.0 Å². The Labute approximate surface area is 166 Å². The number of rotatable bonds is 7. The van der Waals surface area contributed by atoms with Crippen LogP contribution in [0.4, 0.5) is 5.69 Å². The monoisotopic (exact) mass is 380 g/mol. The number of nitrogens with one attached hydrogen (secondary N) is 2. The Morgan fingerprint density at radius 3 is 2.43 bits per heavy atom. The first-order chi connectivity index (χ1) is 13.3. The van der Waals surface area contributed by atoms with Crippen molar-refractivity contribution in [1.82, 2.24) is 5.32 Å². The number of carbonyl (C=O) groups is 2. The molecule has 0 spiro atoms. The molecule has 0 bridgehead atoms. The van der Waals surface area contributed by atoms with Gasteiger partial charge in [0.1, 0.15) is 5.75 Å². The molecule has 0 saturated heterocycles. The zero-order valence-electron chi connectivity index (χ0n) is 16.7. The van der Waals surface area contributed by atoms with Crippen molar-refractivity contribution in [3.05, 3.63) is 59.7 Å². The SMILES string of the molecule is CC(C)(C)c1ccc(OCC(=O)NCc2cccc(NC(=O)C3CC3)c2)cc1. The summed E-state index contributed by atoms with van der Waals surface area (Å²) in [4.78, 5) is 23.9. The van der Waals surface area contributed by atoms with Crippen LogP contribution in [-0.4, -0.2) is 18.4 Å². The van der Waals surface area contributed by atoms with Gasteiger partial charge in [0, 0.05) is 18.2 Å². The zero-order valence-corrected chi connectivity index (χ0v) is 16.7. The summed E-state index contributed by atoms with van der Waals surface area (Å²) in [5, 5.41) is 5.76. The molecule has 1 aliphatic rings. The van der Waals surface area contributed by atoms with Crippen LogP contribution in [0, 0.1) is 5.92 Å². The molecule has 2 aromatic carbocycles. The lowest BCUT2D eigenvalue weighted by Gasteiger charge is -2.19. The maximum Gasteiger partial charge on any atom is 0.258 e. The molecule has 0 radical (unpaired) electrons. The normalized spacial score (nSPS) is 13.7. The lowest BCUT2D eigenvalue weighted by atomic mass is 9.87. The molecule has 0 aromatic heterocycles. The van der Waals surface area contributed by atoms with Gasteiger partial charge in [-0.2, -0.15) is 0 Å². The number of amides is 2. The van der Waals surface area contributed by atoms with Crippen LogP contribution < -0.4 is 15.4 Å². The Hall–Kier alpha value is -2.82. The average molecular weight is 380 g/mol. The number of carbonyl (C=O) groups excluding carboxylic acids is 2. The molecular weight excluding hydrogens is 352 g/mol. The third-order valence-electron chi connectivity index (χ3n) is 4.72. The smallest absolute Gasteiger partial charge is 0.258 e. The first-order valence-electron chi connectivity index (χ1n) is 9.71. The van der Waals surface area contributed by atoms with E-state index in [4.69, 9.17) is 4.74 Å². The van der Waals surface area contributed by atoms with E-state index in [1.165, 1.54) is 5.56 Å². The van der Waals surface area contributed by atoms with Crippen LogP contribution in [0.5, 0.6) is 5.75 Å². The summed E-state index contributed by atoms with van der Waals surface area (Å²) < 4.78 is 5.56. The molecule has 5 nitrogen and oxygen atoms in total. The molecule has 0 unspecified atom stereocenters. The maximum absolute atomic E-state index is 12.1. The lowest BCUT2D eigenvalue weighted by Crippen LogP contribution is -2.28. The predicted molar refractivity (Wildman–Crippen MR) is 110 cm³/mol. The van der Waals surface area contributed by atoms with E-state index in [0.717, 1.165) is 24.1 Å². The van der Waals surface area contributed by atoms with Gasteiger partial charge in [0.15, 0.2) is 6.61 Å². The van der Waals surface area contributed by atoms with E-state index in [1.54, 1.807) is 0 Å². The summed E-state index contributed by atoms with van der Waals surface area (Å²) in [6.07, 6.45) is 1.95. The largest absolute Gasteiger partial charge is 0.484 e. The van der Waals surface area contributed by atoms with Gasteiger partial charge in [0.2, 0.25) is 5.91 Å². The minimum atomic E-state index is -0.188. The minimum Gasteiger partial charge on any atom is -0.484 e. The molecule has 1 aliphatic carbocycles. The number of ether oxygens (including phenoxy) is 1. The number of hydrogen-bond acceptors (Lipinski definition) is 3. The van der Waals surface area contributed by atoms with Gasteiger partial charge >= 0.3 is 0 Å². The summed E-state index contributed by atoms with van der Waals surface area (Å²) in [7, 11) is 0.